The molecule has 0 radical (unpaired) electrons. The normalized spacial score (nSPS) is 12.1. The number of aryl methyl sites for hydroxylation is 8. The van der Waals surface area contributed by atoms with E-state index in [0.717, 1.165) is 11.2 Å². The van der Waals surface area contributed by atoms with Gasteiger partial charge in [0.2, 0.25) is 0 Å². The van der Waals surface area contributed by atoms with Crippen molar-refractivity contribution in [1.29, 1.82) is 0 Å². The number of benzene rings is 7. The Kier molecular flexibility index (Phi) is 7.61. The first-order valence-corrected chi connectivity index (χ1v) is 19.0. The largest absolute Gasteiger partial charge is 0.455 e. The minimum atomic E-state index is 1.03. The van der Waals surface area contributed by atoms with Crippen molar-refractivity contribution in [2.75, 3.05) is 0 Å². The van der Waals surface area contributed by atoms with E-state index in [9.17, 15) is 0 Å². The van der Waals surface area contributed by atoms with Crippen molar-refractivity contribution in [1.82, 2.24) is 0 Å². The molecule has 0 aliphatic heterocycles. The summed E-state index contributed by atoms with van der Waals surface area (Å²) in [6.07, 6.45) is 0. The van der Waals surface area contributed by atoms with Crippen molar-refractivity contribution < 1.29 is 4.42 Å². The molecule has 52 heavy (non-hydrogen) atoms. The Balaban J connectivity index is 1.75. The average molecular weight is 681 g/mol. The molecule has 0 fully saturated rings. The second kappa shape index (κ2) is 11.6. The topological polar surface area (TPSA) is 13.1 Å². The van der Waals surface area contributed by atoms with Gasteiger partial charge in [-0.3, -0.25) is 0 Å². The lowest BCUT2D eigenvalue weighted by Crippen LogP contribution is -2.05. The fourth-order valence-electron chi connectivity index (χ4n) is 9.82. The molecule has 0 saturated carbocycles. The quantitative estimate of drug-likeness (QED) is 0.166. The van der Waals surface area contributed by atoms with E-state index in [1.54, 1.807) is 0 Å². The van der Waals surface area contributed by atoms with Gasteiger partial charge in [0.1, 0.15) is 11.2 Å². The lowest BCUT2D eigenvalue weighted by Gasteiger charge is -2.29. The molecule has 0 spiro atoms. The highest BCUT2D eigenvalue weighted by Crippen LogP contribution is 2.54. The van der Waals surface area contributed by atoms with Gasteiger partial charge in [-0.15, -0.1) is 0 Å². The number of furan rings is 1. The van der Waals surface area contributed by atoms with Gasteiger partial charge in [-0.2, -0.15) is 0 Å². The highest BCUT2D eigenvalue weighted by molar-refractivity contribution is 6.28. The molecular formula is C51H52O. The molecule has 0 bridgehead atoms. The van der Waals surface area contributed by atoms with Crippen molar-refractivity contribution in [3.63, 3.8) is 0 Å². The van der Waals surface area contributed by atoms with Crippen LogP contribution in [0.5, 0.6) is 0 Å². The molecular weight excluding hydrogens is 629 g/mol. The van der Waals surface area contributed by atoms with Crippen LogP contribution in [-0.2, 0) is 0 Å². The summed E-state index contributed by atoms with van der Waals surface area (Å²) in [5.41, 5.74) is 27.6. The van der Waals surface area contributed by atoms with Crippen LogP contribution in [0, 0.1) is 104 Å². The Morgan fingerprint density at radius 3 is 1.19 bits per heavy atom. The van der Waals surface area contributed by atoms with Crippen LogP contribution in [0.25, 0.3) is 76.5 Å². The van der Waals surface area contributed by atoms with Crippen LogP contribution in [0.3, 0.4) is 0 Å². The molecule has 7 aromatic carbocycles. The van der Waals surface area contributed by atoms with Crippen LogP contribution in [0.1, 0.15) is 83.5 Å². The van der Waals surface area contributed by atoms with E-state index in [1.165, 1.54) is 149 Å². The Morgan fingerprint density at radius 1 is 0.288 bits per heavy atom. The van der Waals surface area contributed by atoms with E-state index in [4.69, 9.17) is 4.42 Å². The molecule has 0 aliphatic rings. The minimum absolute atomic E-state index is 1.03. The maximum absolute atomic E-state index is 6.93. The molecule has 0 amide bonds. The lowest BCUT2D eigenvalue weighted by molar-refractivity contribution is 0.661. The summed E-state index contributed by atoms with van der Waals surface area (Å²) in [7, 11) is 0. The molecule has 0 N–H and O–H groups in total. The van der Waals surface area contributed by atoms with Crippen LogP contribution in [0.4, 0.5) is 0 Å². The first kappa shape index (κ1) is 34.2. The molecule has 1 heteroatoms. The summed E-state index contributed by atoms with van der Waals surface area (Å²) >= 11 is 0. The number of rotatable bonds is 2. The highest BCUT2D eigenvalue weighted by atomic mass is 16.3. The second-order valence-electron chi connectivity index (χ2n) is 16.0. The summed E-state index contributed by atoms with van der Waals surface area (Å²) < 4.78 is 6.93. The third-order valence-electron chi connectivity index (χ3n) is 14.0. The Morgan fingerprint density at radius 2 is 0.673 bits per heavy atom. The van der Waals surface area contributed by atoms with E-state index >= 15 is 0 Å². The Bertz CT molecular complexity index is 2840. The Labute approximate surface area is 309 Å². The highest BCUT2D eigenvalue weighted by Gasteiger charge is 2.30. The smallest absolute Gasteiger partial charge is 0.138 e. The van der Waals surface area contributed by atoms with Gasteiger partial charge in [0, 0.05) is 10.8 Å². The molecule has 0 atom stereocenters. The van der Waals surface area contributed by atoms with Gasteiger partial charge in [0.05, 0.1) is 0 Å². The van der Waals surface area contributed by atoms with Gasteiger partial charge >= 0.3 is 0 Å². The second-order valence-corrected chi connectivity index (χ2v) is 16.0. The summed E-state index contributed by atoms with van der Waals surface area (Å²) in [5, 5.41) is 10.7. The Hall–Kier alpha value is -4.88. The standard InChI is InChI=1S/C51H52O/c1-23-25(3)31(9)44-42(29(23)7)48(40-22-18-20-38-19-16-17-21-39(38)40)43-30(8)24(2)26(4)32(10)45(43)49(44)41-34(12)36(14)51-47(37(41)15)46-33(11)27(5)28(6)35(13)50(46)52-51/h16-22H,1-15H3. The van der Waals surface area contributed by atoms with E-state index in [2.05, 4.69) is 146 Å². The minimum Gasteiger partial charge on any atom is -0.455 e. The predicted molar refractivity (Wildman–Crippen MR) is 228 cm³/mol. The third-order valence-corrected chi connectivity index (χ3v) is 14.0. The van der Waals surface area contributed by atoms with E-state index in [1.807, 2.05) is 0 Å². The van der Waals surface area contributed by atoms with Gasteiger partial charge < -0.3 is 4.42 Å². The van der Waals surface area contributed by atoms with Gasteiger partial charge in [-0.1, -0.05) is 42.5 Å². The third kappa shape index (κ3) is 4.23. The molecule has 0 aliphatic carbocycles. The maximum atomic E-state index is 6.93. The summed E-state index contributed by atoms with van der Waals surface area (Å²) in [5.74, 6) is 0. The van der Waals surface area contributed by atoms with Crippen LogP contribution in [0.15, 0.2) is 46.9 Å². The average Bonchev–Trinajstić information content (AvgIpc) is 3.55. The summed E-state index contributed by atoms with van der Waals surface area (Å²) in [4.78, 5) is 0. The molecule has 1 aromatic heterocycles. The molecule has 1 nitrogen and oxygen atoms in total. The number of fused-ring (bicyclic) bond motifs is 6. The van der Waals surface area contributed by atoms with Crippen molar-refractivity contribution in [3.05, 3.63) is 126 Å². The molecule has 0 saturated heterocycles. The number of hydrogen-bond donors (Lipinski definition) is 0. The van der Waals surface area contributed by atoms with E-state index < -0.39 is 0 Å². The predicted octanol–water partition coefficient (Wildman–Crippen LogP) is 15.0. The van der Waals surface area contributed by atoms with Crippen LogP contribution < -0.4 is 0 Å². The number of hydrogen-bond acceptors (Lipinski definition) is 1. The molecule has 8 rings (SSSR count). The van der Waals surface area contributed by atoms with Gasteiger partial charge in [0.15, 0.2) is 0 Å². The maximum Gasteiger partial charge on any atom is 0.138 e. The van der Waals surface area contributed by atoms with Crippen molar-refractivity contribution >= 4 is 54.3 Å². The van der Waals surface area contributed by atoms with Gasteiger partial charge in [-0.05, 0) is 242 Å². The first-order valence-electron chi connectivity index (χ1n) is 19.0. The van der Waals surface area contributed by atoms with Crippen molar-refractivity contribution in [3.8, 4) is 22.3 Å². The molecule has 1 heterocycles. The molecule has 262 valence electrons. The first-order chi connectivity index (χ1) is 24.6. The van der Waals surface area contributed by atoms with E-state index in [-0.39, 0.29) is 0 Å². The van der Waals surface area contributed by atoms with Gasteiger partial charge in [0.25, 0.3) is 0 Å². The fourth-order valence-corrected chi connectivity index (χ4v) is 9.82. The zero-order valence-corrected chi connectivity index (χ0v) is 33.9. The van der Waals surface area contributed by atoms with Crippen molar-refractivity contribution in [2.45, 2.75) is 104 Å². The fraction of sp³-hybridized carbons (Fsp3) is 0.294. The van der Waals surface area contributed by atoms with Gasteiger partial charge in [-0.25, -0.2) is 0 Å². The van der Waals surface area contributed by atoms with E-state index in [0.29, 0.717) is 0 Å². The van der Waals surface area contributed by atoms with Crippen LogP contribution >= 0.6 is 0 Å². The molecule has 0 unspecified atom stereocenters. The zero-order valence-electron chi connectivity index (χ0n) is 33.9. The monoisotopic (exact) mass is 680 g/mol. The van der Waals surface area contributed by atoms with Crippen molar-refractivity contribution in [2.24, 2.45) is 0 Å². The lowest BCUT2D eigenvalue weighted by atomic mass is 9.74. The van der Waals surface area contributed by atoms with Crippen LogP contribution in [-0.4, -0.2) is 0 Å². The summed E-state index contributed by atoms with van der Waals surface area (Å²) in [6, 6.07) is 15.8. The summed E-state index contributed by atoms with van der Waals surface area (Å²) in [6.45, 7) is 34.8. The zero-order chi connectivity index (χ0) is 37.4. The van der Waals surface area contributed by atoms with Crippen LogP contribution in [0.2, 0.25) is 0 Å². The SMILES string of the molecule is Cc1c(C)c(C)c2c(oc3c(C)c(C)c(-c4c5c(C)c(C)c(C)c(C)c5c(-c5cccc6ccccc56)c5c(C)c(C)c(C)c(C)c45)c(C)c32)c1C. The molecule has 8 aromatic rings.